The molecule has 0 amide bonds. The molecule has 0 radical (unpaired) electrons. The summed E-state index contributed by atoms with van der Waals surface area (Å²) >= 11 is 0. The molecule has 88 valence electrons. The summed E-state index contributed by atoms with van der Waals surface area (Å²) in [5, 5.41) is 27.9. The Morgan fingerprint density at radius 1 is 0.867 bits per heavy atom. The Kier molecular flexibility index (Phi) is 32.1. The molecule has 0 unspecified atom stereocenters. The first-order valence-electron chi connectivity index (χ1n) is 2.00. The van der Waals surface area contributed by atoms with Crippen LogP contribution < -0.4 is 29.6 Å². The maximum atomic E-state index is 8.74. The first-order chi connectivity index (χ1) is 5.46. The van der Waals surface area contributed by atoms with Gasteiger partial charge in [-0.25, -0.2) is 9.59 Å². The molecular formula is C2H10AlNaO10S. The molecule has 0 heterocycles. The second kappa shape index (κ2) is 16.4. The maximum absolute atomic E-state index is 8.74. The van der Waals surface area contributed by atoms with Gasteiger partial charge in [-0.05, 0) is 0 Å². The Bertz CT molecular complexity index is 224. The molecule has 6 N–H and O–H groups in total. The molecule has 0 aliphatic rings. The van der Waals surface area contributed by atoms with Crippen LogP contribution >= 0.6 is 0 Å². The van der Waals surface area contributed by atoms with Crippen molar-refractivity contribution >= 4 is 40.1 Å². The summed E-state index contributed by atoms with van der Waals surface area (Å²) < 4.78 is 31.6. The van der Waals surface area contributed by atoms with Crippen LogP contribution in [0.1, 0.15) is 1.43 Å². The van der Waals surface area contributed by atoms with Gasteiger partial charge in [0.2, 0.25) is 0 Å². The zero-order chi connectivity index (χ0) is 11.7. The predicted molar refractivity (Wildman–Crippen MR) is 46.5 cm³/mol. The van der Waals surface area contributed by atoms with E-state index < -0.39 is 22.7 Å². The monoisotopic (exact) mass is 276 g/mol. The van der Waals surface area contributed by atoms with Gasteiger partial charge in [-0.3, -0.25) is 9.11 Å². The number of rotatable bonds is 0. The average Bonchev–Trinajstić information content (AvgIpc) is 1.50. The van der Waals surface area contributed by atoms with E-state index in [2.05, 4.69) is 0 Å². The first kappa shape index (κ1) is 29.4. The second-order valence-corrected chi connectivity index (χ2v) is 1.91. The minimum atomic E-state index is -4.67. The Morgan fingerprint density at radius 2 is 0.867 bits per heavy atom. The first-order valence-corrected chi connectivity index (χ1v) is 3.40. The molecule has 0 saturated heterocycles. The molecule has 0 spiro atoms. The van der Waals surface area contributed by atoms with E-state index in [1.165, 1.54) is 0 Å². The second-order valence-electron chi connectivity index (χ2n) is 1.01. The van der Waals surface area contributed by atoms with E-state index >= 15 is 0 Å². The van der Waals surface area contributed by atoms with Crippen molar-refractivity contribution in [3.63, 3.8) is 0 Å². The molecule has 0 bridgehead atoms. The summed E-state index contributed by atoms with van der Waals surface area (Å²) in [6.45, 7) is 0. The molecule has 10 nitrogen and oxygen atoms in total. The van der Waals surface area contributed by atoms with Crippen molar-refractivity contribution < 1.29 is 78.5 Å². The third kappa shape index (κ3) is 601000. The fraction of sp³-hybridized carbons (Fsp3) is 0. The molecule has 0 aliphatic carbocycles. The number of carbonyl (C=O) groups is 2. The van der Waals surface area contributed by atoms with Crippen molar-refractivity contribution in [1.29, 1.82) is 0 Å². The normalized spacial score (nSPS) is 7.07. The van der Waals surface area contributed by atoms with Crippen molar-refractivity contribution in [2.45, 2.75) is 0 Å². The van der Waals surface area contributed by atoms with Crippen LogP contribution in [0.15, 0.2) is 0 Å². The molecule has 0 saturated carbocycles. The van der Waals surface area contributed by atoms with Crippen molar-refractivity contribution in [3.8, 4) is 0 Å². The van der Waals surface area contributed by atoms with Gasteiger partial charge >= 0.3 is 52.3 Å². The van der Waals surface area contributed by atoms with Gasteiger partial charge in [0, 0.05) is 0 Å². The fourth-order valence-electron chi connectivity index (χ4n) is 0. The van der Waals surface area contributed by atoms with Gasteiger partial charge in [0.05, 0.1) is 0 Å². The van der Waals surface area contributed by atoms with Crippen molar-refractivity contribution in [2.75, 3.05) is 0 Å². The fourth-order valence-corrected chi connectivity index (χ4v) is 0. The van der Waals surface area contributed by atoms with Crippen LogP contribution in [0, 0.1) is 0 Å². The zero-order valence-corrected chi connectivity index (χ0v) is 9.54. The van der Waals surface area contributed by atoms with E-state index in [0.29, 0.717) is 0 Å². The topological polar surface area (TPSA) is 190 Å². The van der Waals surface area contributed by atoms with Gasteiger partial charge in [0.15, 0.2) is 17.4 Å². The van der Waals surface area contributed by atoms with E-state index in [1.54, 1.807) is 0 Å². The van der Waals surface area contributed by atoms with Crippen LogP contribution in [0.3, 0.4) is 0 Å². The molecule has 13 heteroatoms. The van der Waals surface area contributed by atoms with Gasteiger partial charge in [-0.2, -0.15) is 8.42 Å². The summed E-state index contributed by atoms with van der Waals surface area (Å²) in [7, 11) is -4.67. The molecule has 0 aliphatic heterocycles. The van der Waals surface area contributed by atoms with Crippen LogP contribution in [0.5, 0.6) is 0 Å². The van der Waals surface area contributed by atoms with Gasteiger partial charge in [-0.15, -0.1) is 0 Å². The third-order valence-corrected chi connectivity index (χ3v) is 0. The van der Waals surface area contributed by atoms with E-state index in [4.69, 9.17) is 47.5 Å². The Labute approximate surface area is 118 Å². The maximum Gasteiger partial charge on any atom is 1.00 e. The van der Waals surface area contributed by atoms with E-state index in [1.807, 2.05) is 0 Å². The quantitative estimate of drug-likeness (QED) is 0.186. The van der Waals surface area contributed by atoms with Crippen LogP contribution in [-0.2, 0) is 10.4 Å². The van der Waals surface area contributed by atoms with Crippen LogP contribution in [-0.4, -0.2) is 67.6 Å². The molecule has 0 fully saturated rings. The molecule has 0 rings (SSSR count). The summed E-state index contributed by atoms with van der Waals surface area (Å²) in [4.78, 5) is 17.1. The van der Waals surface area contributed by atoms with Gasteiger partial charge in [-0.1, -0.05) is 0 Å². The smallest absolute Gasteiger partial charge is 1.00 e. The minimum Gasteiger partial charge on any atom is -1.00 e. The molecule has 0 aromatic heterocycles. The summed E-state index contributed by atoms with van der Waals surface area (Å²) in [5.74, 6) is 0. The Hall–Kier alpha value is -0.0575. The van der Waals surface area contributed by atoms with Crippen molar-refractivity contribution in [1.82, 2.24) is 0 Å². The van der Waals surface area contributed by atoms with E-state index in [-0.39, 0.29) is 48.3 Å². The van der Waals surface area contributed by atoms with E-state index in [9.17, 15) is 0 Å². The molecular weight excluding hydrogens is 266 g/mol. The van der Waals surface area contributed by atoms with Gasteiger partial charge in [0.25, 0.3) is 0 Å². The number of hydrogen-bond donors (Lipinski definition) is 6. The summed E-state index contributed by atoms with van der Waals surface area (Å²) in [6, 6.07) is 0. The molecule has 0 aromatic carbocycles. The third-order valence-electron chi connectivity index (χ3n) is 0. The number of hydrogen-bond acceptors (Lipinski definition) is 4. The van der Waals surface area contributed by atoms with E-state index in [0.717, 1.165) is 0 Å². The summed E-state index contributed by atoms with van der Waals surface area (Å²) in [5.41, 5.74) is 0. The Morgan fingerprint density at radius 3 is 0.867 bits per heavy atom. The van der Waals surface area contributed by atoms with Crippen molar-refractivity contribution in [2.24, 2.45) is 0 Å². The van der Waals surface area contributed by atoms with Gasteiger partial charge < -0.3 is 21.9 Å². The SMILES string of the molecule is O=C(O)O.O=C(O)O.O=S(=O)(O)O.[AlH3].[H-].[Na+]. The minimum absolute atomic E-state index is 0. The average molecular weight is 276 g/mol. The standard InChI is InChI=1S/2CH2O3.Al.Na.H2O4S.4H/c2*2-1(3)4;;;1-5(2,3)4;;;;/h2*(H2,2,3,4);;;(H2,1,2,3,4);;;;/q;;;+1;;;;;-1. The molecule has 0 atom stereocenters. The molecule has 15 heavy (non-hydrogen) atoms. The molecule has 0 aromatic rings. The number of carboxylic acid groups (broad SMARTS) is 4. The Balaban J connectivity index is -0.0000000216. The zero-order valence-electron chi connectivity index (χ0n) is 7.72. The predicted octanol–water partition coefficient (Wildman–Crippen LogP) is -4.28. The van der Waals surface area contributed by atoms with Crippen molar-refractivity contribution in [3.05, 3.63) is 0 Å². The van der Waals surface area contributed by atoms with Gasteiger partial charge in [0.1, 0.15) is 0 Å². The largest absolute Gasteiger partial charge is 1.00 e. The summed E-state index contributed by atoms with van der Waals surface area (Å²) in [6.07, 6.45) is -3.67. The van der Waals surface area contributed by atoms with Crippen LogP contribution in [0.25, 0.3) is 0 Å². The van der Waals surface area contributed by atoms with Crippen LogP contribution in [0.4, 0.5) is 9.59 Å². The van der Waals surface area contributed by atoms with Crippen LogP contribution in [0.2, 0.25) is 0 Å².